The molecule has 1 fully saturated rings. The zero-order valence-corrected chi connectivity index (χ0v) is 14.8. The van der Waals surface area contributed by atoms with E-state index in [-0.39, 0.29) is 5.91 Å². The van der Waals surface area contributed by atoms with Crippen molar-refractivity contribution in [2.75, 3.05) is 26.7 Å². The summed E-state index contributed by atoms with van der Waals surface area (Å²) in [4.78, 5) is 14.8. The van der Waals surface area contributed by atoms with Crippen molar-refractivity contribution in [3.63, 3.8) is 0 Å². The van der Waals surface area contributed by atoms with Gasteiger partial charge in [-0.2, -0.15) is 11.3 Å². The van der Waals surface area contributed by atoms with E-state index in [0.717, 1.165) is 24.4 Å². The summed E-state index contributed by atoms with van der Waals surface area (Å²) in [6.45, 7) is 2.91. The molecule has 1 amide bonds. The summed E-state index contributed by atoms with van der Waals surface area (Å²) in [6, 6.07) is 10.1. The third kappa shape index (κ3) is 4.36. The molecule has 0 aliphatic carbocycles. The second kappa shape index (κ2) is 8.31. The van der Waals surface area contributed by atoms with E-state index in [1.54, 1.807) is 18.4 Å². The number of carbonyl (C=O) groups is 1. The third-order valence-electron chi connectivity index (χ3n) is 4.53. The van der Waals surface area contributed by atoms with E-state index in [1.165, 1.54) is 18.4 Å². The van der Waals surface area contributed by atoms with Gasteiger partial charge >= 0.3 is 0 Å². The molecule has 1 saturated heterocycles. The lowest BCUT2D eigenvalue weighted by Crippen LogP contribution is -2.37. The lowest BCUT2D eigenvalue weighted by atomic mass is 10.1. The summed E-state index contributed by atoms with van der Waals surface area (Å²) in [6.07, 6.45) is 2.90. The standard InChI is InChI=1S/C19H24N2O2S/c1-23-17-6-4-15(5-7-17)12-19(22)20-13-18(16-8-11-24-14-16)21-9-2-3-10-21/h4-8,11,14,18H,2-3,9-10,12-13H2,1H3,(H,20,22). The van der Waals surface area contributed by atoms with Crippen LogP contribution in [0.3, 0.4) is 0 Å². The Kier molecular flexibility index (Phi) is 5.88. The van der Waals surface area contributed by atoms with E-state index in [2.05, 4.69) is 27.0 Å². The van der Waals surface area contributed by atoms with E-state index >= 15 is 0 Å². The first kappa shape index (κ1) is 17.0. The molecule has 1 atom stereocenters. The minimum atomic E-state index is 0.0691. The Morgan fingerprint density at radius 1 is 1.25 bits per heavy atom. The number of amides is 1. The highest BCUT2D eigenvalue weighted by molar-refractivity contribution is 7.07. The van der Waals surface area contributed by atoms with Crippen molar-refractivity contribution >= 4 is 17.2 Å². The van der Waals surface area contributed by atoms with Crippen LogP contribution in [0.25, 0.3) is 0 Å². The number of hydrogen-bond donors (Lipinski definition) is 1. The maximum Gasteiger partial charge on any atom is 0.224 e. The van der Waals surface area contributed by atoms with E-state index in [9.17, 15) is 4.79 Å². The smallest absolute Gasteiger partial charge is 0.224 e. The Labute approximate surface area is 147 Å². The molecule has 0 radical (unpaired) electrons. The van der Waals surface area contributed by atoms with Crippen molar-refractivity contribution in [1.29, 1.82) is 0 Å². The molecule has 0 bridgehead atoms. The highest BCUT2D eigenvalue weighted by atomic mass is 32.1. The van der Waals surface area contributed by atoms with Gasteiger partial charge in [0.15, 0.2) is 0 Å². The summed E-state index contributed by atoms with van der Waals surface area (Å²) in [5.74, 6) is 0.880. The van der Waals surface area contributed by atoms with Gasteiger partial charge in [0.2, 0.25) is 5.91 Å². The maximum atomic E-state index is 12.3. The first-order chi connectivity index (χ1) is 11.8. The van der Waals surface area contributed by atoms with E-state index in [0.29, 0.717) is 19.0 Å². The van der Waals surface area contributed by atoms with Gasteiger partial charge in [0, 0.05) is 6.54 Å². The van der Waals surface area contributed by atoms with Crippen molar-refractivity contribution in [3.8, 4) is 5.75 Å². The largest absolute Gasteiger partial charge is 0.497 e. The van der Waals surface area contributed by atoms with Crippen molar-refractivity contribution in [3.05, 3.63) is 52.2 Å². The van der Waals surface area contributed by atoms with Gasteiger partial charge in [-0.05, 0) is 66.0 Å². The summed E-state index contributed by atoms with van der Waals surface area (Å²) < 4.78 is 5.15. The molecule has 1 aliphatic heterocycles. The number of methoxy groups -OCH3 is 1. The van der Waals surface area contributed by atoms with Crippen LogP contribution in [0, 0.1) is 0 Å². The van der Waals surface area contributed by atoms with E-state index < -0.39 is 0 Å². The fourth-order valence-electron chi connectivity index (χ4n) is 3.18. The quantitative estimate of drug-likeness (QED) is 0.838. The predicted octanol–water partition coefficient (Wildman–Crippen LogP) is 3.25. The fourth-order valence-corrected chi connectivity index (χ4v) is 3.88. The molecule has 2 heterocycles. The number of benzene rings is 1. The molecule has 1 unspecified atom stereocenters. The molecule has 128 valence electrons. The van der Waals surface area contributed by atoms with Crippen LogP contribution >= 0.6 is 11.3 Å². The van der Waals surface area contributed by atoms with Crippen molar-refractivity contribution < 1.29 is 9.53 Å². The summed E-state index contributed by atoms with van der Waals surface area (Å²) >= 11 is 1.72. The van der Waals surface area contributed by atoms with Crippen LogP contribution in [0.4, 0.5) is 0 Å². The lowest BCUT2D eigenvalue weighted by molar-refractivity contribution is -0.120. The molecule has 2 aromatic rings. The third-order valence-corrected chi connectivity index (χ3v) is 5.23. The van der Waals surface area contributed by atoms with Crippen LogP contribution in [0.5, 0.6) is 5.75 Å². The molecule has 24 heavy (non-hydrogen) atoms. The first-order valence-corrected chi connectivity index (χ1v) is 9.36. The van der Waals surface area contributed by atoms with Gasteiger partial charge in [-0.3, -0.25) is 9.69 Å². The lowest BCUT2D eigenvalue weighted by Gasteiger charge is -2.27. The molecule has 4 nitrogen and oxygen atoms in total. The maximum absolute atomic E-state index is 12.3. The molecule has 3 rings (SSSR count). The van der Waals surface area contributed by atoms with E-state index in [1.807, 2.05) is 24.3 Å². The van der Waals surface area contributed by atoms with Gasteiger partial charge in [-0.25, -0.2) is 0 Å². The molecule has 1 aliphatic rings. The Bertz CT molecular complexity index is 634. The molecule has 0 spiro atoms. The van der Waals surface area contributed by atoms with Gasteiger partial charge in [-0.15, -0.1) is 0 Å². The molecule has 1 aromatic heterocycles. The number of hydrogen-bond acceptors (Lipinski definition) is 4. The topological polar surface area (TPSA) is 41.6 Å². The number of nitrogens with zero attached hydrogens (tertiary/aromatic N) is 1. The van der Waals surface area contributed by atoms with Crippen molar-refractivity contribution in [1.82, 2.24) is 10.2 Å². The van der Waals surface area contributed by atoms with Gasteiger partial charge < -0.3 is 10.1 Å². The number of thiophene rings is 1. The molecular weight excluding hydrogens is 320 g/mol. The molecule has 5 heteroatoms. The average Bonchev–Trinajstić information content (AvgIpc) is 3.30. The second-order valence-corrected chi connectivity index (χ2v) is 6.92. The average molecular weight is 344 g/mol. The molecule has 1 aromatic carbocycles. The minimum Gasteiger partial charge on any atom is -0.497 e. The first-order valence-electron chi connectivity index (χ1n) is 8.42. The van der Waals surface area contributed by atoms with Crippen molar-refractivity contribution in [2.24, 2.45) is 0 Å². The van der Waals surface area contributed by atoms with Crippen LogP contribution in [0.15, 0.2) is 41.1 Å². The van der Waals surface area contributed by atoms with Gasteiger partial charge in [0.1, 0.15) is 5.75 Å². The SMILES string of the molecule is COc1ccc(CC(=O)NCC(c2ccsc2)N2CCCC2)cc1. The molecular formula is C19H24N2O2S. The number of carbonyl (C=O) groups excluding carboxylic acids is 1. The molecule has 1 N–H and O–H groups in total. The summed E-state index contributed by atoms with van der Waals surface area (Å²) in [5.41, 5.74) is 2.31. The van der Waals surface area contributed by atoms with Crippen LogP contribution in [-0.4, -0.2) is 37.6 Å². The fraction of sp³-hybridized carbons (Fsp3) is 0.421. The highest BCUT2D eigenvalue weighted by Gasteiger charge is 2.24. The second-order valence-electron chi connectivity index (χ2n) is 6.14. The number of ether oxygens (including phenoxy) is 1. The van der Waals surface area contributed by atoms with Crippen LogP contribution < -0.4 is 10.1 Å². The Hall–Kier alpha value is -1.85. The van der Waals surface area contributed by atoms with Crippen molar-refractivity contribution in [2.45, 2.75) is 25.3 Å². The number of likely N-dealkylation sites (tertiary alicyclic amines) is 1. The van der Waals surface area contributed by atoms with Gasteiger partial charge in [0.05, 0.1) is 19.6 Å². The predicted molar refractivity (Wildman–Crippen MR) is 97.6 cm³/mol. The monoisotopic (exact) mass is 344 g/mol. The Morgan fingerprint density at radius 3 is 2.62 bits per heavy atom. The summed E-state index contributed by atoms with van der Waals surface area (Å²) in [7, 11) is 1.64. The summed E-state index contributed by atoms with van der Waals surface area (Å²) in [5, 5.41) is 7.42. The highest BCUT2D eigenvalue weighted by Crippen LogP contribution is 2.26. The normalized spacial score (nSPS) is 16.0. The number of nitrogens with one attached hydrogen (secondary N) is 1. The molecule has 0 saturated carbocycles. The van der Waals surface area contributed by atoms with Gasteiger partial charge in [0.25, 0.3) is 0 Å². The van der Waals surface area contributed by atoms with E-state index in [4.69, 9.17) is 4.74 Å². The zero-order valence-electron chi connectivity index (χ0n) is 14.0. The van der Waals surface area contributed by atoms with Crippen LogP contribution in [0.2, 0.25) is 0 Å². The Balaban J connectivity index is 1.56. The van der Waals surface area contributed by atoms with Crippen LogP contribution in [-0.2, 0) is 11.2 Å². The zero-order chi connectivity index (χ0) is 16.8. The van der Waals surface area contributed by atoms with Crippen LogP contribution in [0.1, 0.15) is 30.0 Å². The Morgan fingerprint density at radius 2 is 2.00 bits per heavy atom. The van der Waals surface area contributed by atoms with Gasteiger partial charge in [-0.1, -0.05) is 12.1 Å². The number of rotatable bonds is 7. The minimum absolute atomic E-state index is 0.0691.